The lowest BCUT2D eigenvalue weighted by Gasteiger charge is -2.51. The van der Waals surface area contributed by atoms with Crippen molar-refractivity contribution >= 4 is 35.1 Å². The van der Waals surface area contributed by atoms with E-state index in [1.807, 2.05) is 0 Å². The van der Waals surface area contributed by atoms with Crippen LogP contribution in [0.4, 0.5) is 5.69 Å². The molecule has 4 heterocycles. The maximum atomic E-state index is 14.1. The number of amides is 1. The number of phenolic OH excluding ortho intramolecular Hbond substituents is 1. The normalized spacial score (nSPS) is 30.4. The molecule has 4 bridgehead atoms. The van der Waals surface area contributed by atoms with E-state index in [2.05, 4.69) is 35.6 Å². The number of allylic oxidation sites excluding steroid dienone is 2. The fourth-order valence-electron chi connectivity index (χ4n) is 7.84. The van der Waals surface area contributed by atoms with E-state index in [0.29, 0.717) is 0 Å². The van der Waals surface area contributed by atoms with Crippen LogP contribution >= 0.6 is 11.6 Å². The van der Waals surface area contributed by atoms with E-state index in [4.69, 9.17) is 50.5 Å². The number of ether oxygens (including phenoxy) is 7. The quantitative estimate of drug-likeness (QED) is 0.161. The SMILES string of the molecule is C=C1Oc2cc(OC)cc(C(=O)O[C@H]3COC(=O)C[C@H](N)c4cc(O)c(c(Cl)c4)O[C@@H]4C#CCC3C#CC3=CC=CC34O[C@@H]3OC(C)(C)[C@@H](N(C)C)[C@@H](O)[C@H]3O)c2NC1=O. The van der Waals surface area contributed by atoms with E-state index >= 15 is 0 Å². The minimum absolute atomic E-state index is 0.00347. The van der Waals surface area contributed by atoms with Crippen LogP contribution in [0.2, 0.25) is 5.02 Å². The number of benzene rings is 2. The number of nitrogens with two attached hydrogens (primary N) is 1. The van der Waals surface area contributed by atoms with Crippen LogP contribution in [-0.2, 0) is 28.5 Å². The van der Waals surface area contributed by atoms with Gasteiger partial charge in [-0.2, -0.15) is 0 Å². The van der Waals surface area contributed by atoms with Crippen LogP contribution in [0, 0.1) is 29.6 Å². The van der Waals surface area contributed by atoms with E-state index in [-0.39, 0.29) is 63.3 Å². The van der Waals surface area contributed by atoms with Gasteiger partial charge in [0.15, 0.2) is 47.1 Å². The second-order valence-corrected chi connectivity index (χ2v) is 16.0. The van der Waals surface area contributed by atoms with Gasteiger partial charge in [0.25, 0.3) is 5.91 Å². The molecule has 6 aliphatic rings. The number of likely N-dealkylation sites (N-methyl/N-ethyl adjacent to an activating group) is 1. The molecule has 1 saturated heterocycles. The number of fused-ring (bicyclic) bond motifs is 9. The Morgan fingerprint density at radius 1 is 1.13 bits per heavy atom. The molecule has 0 aromatic heterocycles. The van der Waals surface area contributed by atoms with Crippen molar-refractivity contribution in [1.29, 1.82) is 0 Å². The van der Waals surface area contributed by atoms with Gasteiger partial charge in [-0.15, -0.1) is 0 Å². The van der Waals surface area contributed by atoms with Crippen molar-refractivity contribution < 1.29 is 62.9 Å². The Bertz CT molecular complexity index is 2300. The highest BCUT2D eigenvalue weighted by atomic mass is 35.5. The van der Waals surface area contributed by atoms with E-state index in [1.54, 1.807) is 51.1 Å². The fraction of sp³-hybridized carbons (Fsp3) is 0.419. The number of hydrogen-bond acceptors (Lipinski definition) is 15. The van der Waals surface area contributed by atoms with Gasteiger partial charge in [-0.3, -0.25) is 9.59 Å². The Labute approximate surface area is 350 Å². The summed E-state index contributed by atoms with van der Waals surface area (Å²) < 4.78 is 42.1. The lowest BCUT2D eigenvalue weighted by molar-refractivity contribution is -0.329. The highest BCUT2D eigenvalue weighted by Gasteiger charge is 2.55. The first-order valence-corrected chi connectivity index (χ1v) is 19.3. The number of methoxy groups -OCH3 is 1. The van der Waals surface area contributed by atoms with Gasteiger partial charge in [-0.05, 0) is 63.9 Å². The average Bonchev–Trinajstić information content (AvgIpc) is 3.60. The van der Waals surface area contributed by atoms with Crippen molar-refractivity contribution in [3.63, 3.8) is 0 Å². The molecule has 8 rings (SSSR count). The first kappa shape index (κ1) is 42.6. The number of carbonyl (C=O) groups excluding carboxylic acids is 3. The minimum Gasteiger partial charge on any atom is -0.504 e. The number of nitrogens with one attached hydrogen (secondary N) is 1. The van der Waals surface area contributed by atoms with Crippen LogP contribution in [0.15, 0.2) is 60.4 Å². The van der Waals surface area contributed by atoms with Crippen LogP contribution < -0.4 is 25.3 Å². The molecular weight excluding hydrogens is 802 g/mol. The van der Waals surface area contributed by atoms with Gasteiger partial charge in [0.05, 0.1) is 47.4 Å². The van der Waals surface area contributed by atoms with E-state index < -0.39 is 90.1 Å². The summed E-state index contributed by atoms with van der Waals surface area (Å²) in [4.78, 5) is 41.7. The topological polar surface area (TPSA) is 218 Å². The number of rotatable bonds is 6. The molecule has 2 unspecified atom stereocenters. The molecule has 2 aromatic carbocycles. The second-order valence-electron chi connectivity index (χ2n) is 15.5. The van der Waals surface area contributed by atoms with Crippen molar-refractivity contribution in [2.45, 2.75) is 80.7 Å². The van der Waals surface area contributed by atoms with Gasteiger partial charge in [0.1, 0.15) is 24.6 Å². The van der Waals surface area contributed by atoms with Crippen molar-refractivity contribution in [2.75, 3.05) is 33.1 Å². The van der Waals surface area contributed by atoms with Gasteiger partial charge < -0.3 is 64.4 Å². The Morgan fingerprint density at radius 2 is 1.90 bits per heavy atom. The third kappa shape index (κ3) is 8.03. The largest absolute Gasteiger partial charge is 0.504 e. The first-order valence-electron chi connectivity index (χ1n) is 18.9. The van der Waals surface area contributed by atoms with Gasteiger partial charge >= 0.3 is 11.9 Å². The number of esters is 2. The minimum atomic E-state index is -1.76. The Balaban J connectivity index is 1.32. The van der Waals surface area contributed by atoms with Crippen LogP contribution in [0.1, 0.15) is 48.7 Å². The number of nitrogens with zero attached hydrogens (tertiary/aromatic N) is 1. The number of anilines is 1. The summed E-state index contributed by atoms with van der Waals surface area (Å²) >= 11 is 6.71. The smallest absolute Gasteiger partial charge is 0.340 e. The second kappa shape index (κ2) is 16.5. The Kier molecular flexibility index (Phi) is 11.7. The highest BCUT2D eigenvalue weighted by Crippen LogP contribution is 2.45. The first-order chi connectivity index (χ1) is 28.4. The summed E-state index contributed by atoms with van der Waals surface area (Å²) in [5.74, 6) is 8.48. The van der Waals surface area contributed by atoms with Gasteiger partial charge in [-0.25, -0.2) is 4.79 Å². The molecule has 6 N–H and O–H groups in total. The van der Waals surface area contributed by atoms with Crippen molar-refractivity contribution in [3.8, 4) is 46.7 Å². The zero-order chi connectivity index (χ0) is 43.3. The number of aliphatic hydroxyl groups excluding tert-OH is 2. The molecule has 0 radical (unpaired) electrons. The molecule has 60 heavy (non-hydrogen) atoms. The summed E-state index contributed by atoms with van der Waals surface area (Å²) in [6, 6.07) is 3.91. The van der Waals surface area contributed by atoms with Crippen molar-refractivity contribution in [2.24, 2.45) is 11.7 Å². The molecule has 2 aromatic rings. The zero-order valence-electron chi connectivity index (χ0n) is 33.3. The number of carbonyl (C=O) groups is 3. The molecule has 1 fully saturated rings. The number of hydrogen-bond donors (Lipinski definition) is 5. The van der Waals surface area contributed by atoms with Crippen LogP contribution in [-0.4, -0.2) is 114 Å². The van der Waals surface area contributed by atoms with E-state index in [1.165, 1.54) is 31.4 Å². The molecule has 1 amide bonds. The third-order valence-electron chi connectivity index (χ3n) is 10.8. The number of halogens is 1. The molecule has 4 aliphatic heterocycles. The molecule has 0 spiro atoms. The molecule has 2 aliphatic carbocycles. The van der Waals surface area contributed by atoms with Gasteiger partial charge in [0.2, 0.25) is 0 Å². The number of phenols is 1. The summed E-state index contributed by atoms with van der Waals surface area (Å²) in [6.07, 6.45) is -2.57. The zero-order valence-corrected chi connectivity index (χ0v) is 34.1. The predicted octanol–water partition coefficient (Wildman–Crippen LogP) is 2.88. The molecule has 17 heteroatoms. The lowest BCUT2D eigenvalue weighted by atomic mass is 9.85. The van der Waals surface area contributed by atoms with E-state index in [0.717, 1.165) is 0 Å². The molecular formula is C43H44ClN3O13. The lowest BCUT2D eigenvalue weighted by Crippen LogP contribution is -2.68. The highest BCUT2D eigenvalue weighted by molar-refractivity contribution is 6.32. The van der Waals surface area contributed by atoms with Gasteiger partial charge in [0, 0.05) is 24.1 Å². The Morgan fingerprint density at radius 3 is 2.62 bits per heavy atom. The molecule has 16 nitrogen and oxygen atoms in total. The summed E-state index contributed by atoms with van der Waals surface area (Å²) in [6.45, 7) is 6.60. The van der Waals surface area contributed by atoms with E-state index in [9.17, 15) is 29.7 Å². The monoisotopic (exact) mass is 845 g/mol. The van der Waals surface area contributed by atoms with Crippen molar-refractivity contribution in [1.82, 2.24) is 4.90 Å². The van der Waals surface area contributed by atoms with Crippen molar-refractivity contribution in [3.05, 3.63) is 76.6 Å². The molecule has 316 valence electrons. The fourth-order valence-corrected chi connectivity index (χ4v) is 8.10. The van der Waals surface area contributed by atoms with Crippen LogP contribution in [0.25, 0.3) is 0 Å². The molecule has 0 saturated carbocycles. The summed E-state index contributed by atoms with van der Waals surface area (Å²) in [5.41, 5.74) is 3.96. The third-order valence-corrected chi connectivity index (χ3v) is 11.1. The molecule has 9 atom stereocenters. The van der Waals surface area contributed by atoms with Crippen LogP contribution in [0.3, 0.4) is 0 Å². The van der Waals surface area contributed by atoms with Crippen LogP contribution in [0.5, 0.6) is 23.0 Å². The predicted molar refractivity (Wildman–Crippen MR) is 214 cm³/mol. The summed E-state index contributed by atoms with van der Waals surface area (Å²) in [5, 5.41) is 36.7. The average molecular weight is 846 g/mol. The maximum Gasteiger partial charge on any atom is 0.340 e. The van der Waals surface area contributed by atoms with Gasteiger partial charge in [-0.1, -0.05) is 47.9 Å². The summed E-state index contributed by atoms with van der Waals surface area (Å²) in [7, 11) is 4.89. The maximum absolute atomic E-state index is 14.1. The Hall–Kier alpha value is -5.56. The number of aromatic hydroxyl groups is 1. The standard InChI is InChI=1S/C43H44ClN3O13/c1-21-39(52)46-34-26(17-25(54-6)18-30(34)56-21)40(53)57-31-20-55-33(49)19-28(45)23-15-27(44)37(29(48)16-23)58-32-11-7-9-22(31)12-13-24-10-8-14-43(24,32)60-41-36(51)35(50)38(47(4)5)42(2,3)59-41/h8,10,14-18,22,28,31-32,35-36,38,41,48,50-51H,1,9,19-20,45H2,2-6H3,(H,46,52)/t22?,28-,31-,32+,35-,36+,38-,41-,43?/m0/s1. The number of aliphatic hydroxyl groups is 2.